The van der Waals surface area contributed by atoms with Crippen molar-refractivity contribution in [2.75, 3.05) is 5.32 Å². The Kier molecular flexibility index (Phi) is 5.98. The van der Waals surface area contributed by atoms with Crippen LogP contribution in [0.4, 0.5) is 5.00 Å². The van der Waals surface area contributed by atoms with E-state index in [0.29, 0.717) is 10.6 Å². The number of benzene rings is 2. The zero-order valence-corrected chi connectivity index (χ0v) is 16.7. The predicted octanol–water partition coefficient (Wildman–Crippen LogP) is 4.94. The van der Waals surface area contributed by atoms with Crippen LogP contribution in [0.25, 0.3) is 0 Å². The Morgan fingerprint density at radius 2 is 1.59 bits per heavy atom. The number of amides is 2. The van der Waals surface area contributed by atoms with Crippen molar-refractivity contribution < 1.29 is 9.59 Å². The molecule has 0 saturated carbocycles. The van der Waals surface area contributed by atoms with Crippen LogP contribution >= 0.6 is 23.1 Å². The van der Waals surface area contributed by atoms with E-state index in [1.165, 1.54) is 23.1 Å². The molecule has 0 fully saturated rings. The van der Waals surface area contributed by atoms with Crippen LogP contribution in [-0.4, -0.2) is 11.8 Å². The standard InChI is InChI=1S/C21H20N2O2S2/c1-13-14(2)26-21(17(13)19(22)24)23-20(25)18(15-9-5-3-6-10-15)27-16-11-7-4-8-12-16/h3-12,18H,1-2H3,(H2,22,24)(H,23,25)/t18-/m1/s1. The van der Waals surface area contributed by atoms with Crippen molar-refractivity contribution in [3.05, 3.63) is 82.2 Å². The number of rotatable bonds is 6. The zero-order valence-electron chi connectivity index (χ0n) is 15.1. The lowest BCUT2D eigenvalue weighted by molar-refractivity contribution is -0.115. The van der Waals surface area contributed by atoms with Gasteiger partial charge >= 0.3 is 0 Å². The van der Waals surface area contributed by atoms with Crippen LogP contribution in [0.5, 0.6) is 0 Å². The van der Waals surface area contributed by atoms with Crippen molar-refractivity contribution in [1.29, 1.82) is 0 Å². The van der Waals surface area contributed by atoms with Crippen LogP contribution in [0.1, 0.15) is 31.6 Å². The van der Waals surface area contributed by atoms with Crippen molar-refractivity contribution in [1.82, 2.24) is 0 Å². The largest absolute Gasteiger partial charge is 0.365 e. The van der Waals surface area contributed by atoms with Crippen molar-refractivity contribution in [2.24, 2.45) is 5.73 Å². The maximum absolute atomic E-state index is 13.1. The minimum Gasteiger partial charge on any atom is -0.365 e. The number of thiophene rings is 1. The fourth-order valence-corrected chi connectivity index (χ4v) is 4.84. The van der Waals surface area contributed by atoms with E-state index in [1.807, 2.05) is 74.5 Å². The highest BCUT2D eigenvalue weighted by molar-refractivity contribution is 8.00. The van der Waals surface area contributed by atoms with E-state index >= 15 is 0 Å². The number of thioether (sulfide) groups is 1. The number of hydrogen-bond acceptors (Lipinski definition) is 4. The Hall–Kier alpha value is -2.57. The Bertz CT molecular complexity index is 953. The Morgan fingerprint density at radius 3 is 2.19 bits per heavy atom. The van der Waals surface area contributed by atoms with Gasteiger partial charge in [-0.3, -0.25) is 9.59 Å². The monoisotopic (exact) mass is 396 g/mol. The lowest BCUT2D eigenvalue weighted by atomic mass is 10.1. The fraction of sp³-hybridized carbons (Fsp3) is 0.143. The molecule has 3 N–H and O–H groups in total. The van der Waals surface area contributed by atoms with E-state index < -0.39 is 11.2 Å². The zero-order chi connectivity index (χ0) is 19.4. The van der Waals surface area contributed by atoms with E-state index in [2.05, 4.69) is 5.32 Å². The molecule has 1 heterocycles. The Balaban J connectivity index is 1.92. The Labute approximate surface area is 166 Å². The first-order chi connectivity index (χ1) is 13.0. The summed E-state index contributed by atoms with van der Waals surface area (Å²) in [5.41, 5.74) is 7.63. The molecule has 2 aromatic carbocycles. The minimum absolute atomic E-state index is 0.182. The third kappa shape index (κ3) is 4.40. The number of aryl methyl sites for hydroxylation is 1. The lowest BCUT2D eigenvalue weighted by Gasteiger charge is -2.17. The van der Waals surface area contributed by atoms with Crippen molar-refractivity contribution >= 4 is 39.9 Å². The van der Waals surface area contributed by atoms with E-state index in [0.717, 1.165) is 20.9 Å². The maximum Gasteiger partial charge on any atom is 0.251 e. The van der Waals surface area contributed by atoms with Gasteiger partial charge in [-0.25, -0.2) is 0 Å². The molecule has 3 aromatic rings. The molecule has 3 rings (SSSR count). The van der Waals surface area contributed by atoms with Crippen LogP contribution in [0.2, 0.25) is 0 Å². The predicted molar refractivity (Wildman–Crippen MR) is 112 cm³/mol. The van der Waals surface area contributed by atoms with Gasteiger partial charge < -0.3 is 11.1 Å². The second kappa shape index (κ2) is 8.41. The van der Waals surface area contributed by atoms with Crippen LogP contribution < -0.4 is 11.1 Å². The first-order valence-electron chi connectivity index (χ1n) is 8.44. The topological polar surface area (TPSA) is 72.2 Å². The van der Waals surface area contributed by atoms with Gasteiger partial charge in [0, 0.05) is 9.77 Å². The van der Waals surface area contributed by atoms with Gasteiger partial charge in [-0.1, -0.05) is 48.5 Å². The molecule has 0 spiro atoms. The summed E-state index contributed by atoms with van der Waals surface area (Å²) in [7, 11) is 0. The van der Waals surface area contributed by atoms with Gasteiger partial charge in [0.05, 0.1) is 5.56 Å². The quantitative estimate of drug-likeness (QED) is 0.580. The third-order valence-electron chi connectivity index (χ3n) is 4.21. The third-order valence-corrected chi connectivity index (χ3v) is 6.59. The Morgan fingerprint density at radius 1 is 1.00 bits per heavy atom. The number of nitrogens with two attached hydrogens (primary N) is 1. The van der Waals surface area contributed by atoms with Gasteiger partial charge in [-0.05, 0) is 37.1 Å². The van der Waals surface area contributed by atoms with E-state index in [4.69, 9.17) is 5.73 Å². The van der Waals surface area contributed by atoms with Gasteiger partial charge in [0.15, 0.2) is 0 Å². The second-order valence-electron chi connectivity index (χ2n) is 6.06. The van der Waals surface area contributed by atoms with Gasteiger partial charge in [0.25, 0.3) is 5.91 Å². The number of carbonyl (C=O) groups is 2. The van der Waals surface area contributed by atoms with E-state index in [-0.39, 0.29) is 5.91 Å². The summed E-state index contributed by atoms with van der Waals surface area (Å²) in [5.74, 6) is -0.710. The molecule has 0 aliphatic carbocycles. The average Bonchev–Trinajstić information content (AvgIpc) is 2.94. The fourth-order valence-electron chi connectivity index (χ4n) is 2.73. The van der Waals surface area contributed by atoms with E-state index in [1.54, 1.807) is 0 Å². The summed E-state index contributed by atoms with van der Waals surface area (Å²) < 4.78 is 0. The van der Waals surface area contributed by atoms with Gasteiger partial charge in [0.2, 0.25) is 5.91 Å². The number of anilines is 1. The SMILES string of the molecule is Cc1sc(NC(=O)[C@H](Sc2ccccc2)c2ccccc2)c(C(N)=O)c1C. The van der Waals surface area contributed by atoms with Crippen LogP contribution in [0.3, 0.4) is 0 Å². The molecule has 2 amide bonds. The summed E-state index contributed by atoms with van der Waals surface area (Å²) in [4.78, 5) is 26.9. The highest BCUT2D eigenvalue weighted by Gasteiger charge is 2.25. The molecular weight excluding hydrogens is 376 g/mol. The van der Waals surface area contributed by atoms with Crippen LogP contribution in [0, 0.1) is 13.8 Å². The smallest absolute Gasteiger partial charge is 0.251 e. The molecule has 138 valence electrons. The van der Waals surface area contributed by atoms with Gasteiger partial charge in [-0.15, -0.1) is 23.1 Å². The molecule has 0 aliphatic rings. The van der Waals surface area contributed by atoms with Crippen molar-refractivity contribution in [3.63, 3.8) is 0 Å². The van der Waals surface area contributed by atoms with Crippen LogP contribution in [-0.2, 0) is 4.79 Å². The van der Waals surface area contributed by atoms with Crippen LogP contribution in [0.15, 0.2) is 65.6 Å². The van der Waals surface area contributed by atoms with Crippen molar-refractivity contribution in [2.45, 2.75) is 24.0 Å². The molecule has 27 heavy (non-hydrogen) atoms. The average molecular weight is 397 g/mol. The molecule has 0 aliphatic heterocycles. The minimum atomic E-state index is -0.529. The number of primary amides is 1. The lowest BCUT2D eigenvalue weighted by Crippen LogP contribution is -2.21. The molecule has 0 unspecified atom stereocenters. The first kappa shape index (κ1) is 19.2. The molecular formula is C21H20N2O2S2. The summed E-state index contributed by atoms with van der Waals surface area (Å²) >= 11 is 2.85. The molecule has 0 saturated heterocycles. The van der Waals surface area contributed by atoms with E-state index in [9.17, 15) is 9.59 Å². The van der Waals surface area contributed by atoms with Gasteiger partial charge in [0.1, 0.15) is 10.3 Å². The molecule has 4 nitrogen and oxygen atoms in total. The highest BCUT2D eigenvalue weighted by atomic mass is 32.2. The molecule has 1 aromatic heterocycles. The summed E-state index contributed by atoms with van der Waals surface area (Å²) in [6, 6.07) is 19.4. The number of carbonyl (C=O) groups excluding carboxylic acids is 2. The molecule has 6 heteroatoms. The summed E-state index contributed by atoms with van der Waals surface area (Å²) in [5, 5.41) is 2.99. The maximum atomic E-state index is 13.1. The first-order valence-corrected chi connectivity index (χ1v) is 10.1. The van der Waals surface area contributed by atoms with Crippen molar-refractivity contribution in [3.8, 4) is 0 Å². The summed E-state index contributed by atoms with van der Waals surface area (Å²) in [6.07, 6.45) is 0. The molecule has 1 atom stereocenters. The molecule has 0 bridgehead atoms. The number of nitrogens with one attached hydrogen (secondary N) is 1. The number of hydrogen-bond donors (Lipinski definition) is 2. The highest BCUT2D eigenvalue weighted by Crippen LogP contribution is 2.38. The normalized spacial score (nSPS) is 11.8. The molecule has 0 radical (unpaired) electrons. The second-order valence-corrected chi connectivity index (χ2v) is 8.47. The summed E-state index contributed by atoms with van der Waals surface area (Å²) in [6.45, 7) is 3.75. The van der Waals surface area contributed by atoms with Gasteiger partial charge in [-0.2, -0.15) is 0 Å².